The number of hydrogen-bond donors (Lipinski definition) is 1. The summed E-state index contributed by atoms with van der Waals surface area (Å²) < 4.78 is 5.62. The average molecular weight is 341 g/mol. The van der Waals surface area contributed by atoms with Gasteiger partial charge in [-0.2, -0.15) is 0 Å². The maximum Gasteiger partial charge on any atom is 0.311 e. The molecule has 25 heavy (non-hydrogen) atoms. The molecule has 0 radical (unpaired) electrons. The molecule has 6 heteroatoms. The molecule has 0 aliphatic carbocycles. The Morgan fingerprint density at radius 3 is 2.44 bits per heavy atom. The van der Waals surface area contributed by atoms with Gasteiger partial charge in [-0.3, -0.25) is 14.9 Å². The Kier molecular flexibility index (Phi) is 4.97. The van der Waals surface area contributed by atoms with E-state index in [1.165, 1.54) is 12.1 Å². The minimum absolute atomic E-state index is 0.0900. The first kappa shape index (κ1) is 17.0. The maximum absolute atomic E-state index is 12.0. The fourth-order valence-electron chi connectivity index (χ4n) is 2.92. The third-order valence-electron chi connectivity index (χ3n) is 4.33. The van der Waals surface area contributed by atoms with Gasteiger partial charge in [-0.15, -0.1) is 0 Å². The predicted molar refractivity (Wildman–Crippen MR) is 92.2 cm³/mol. The fraction of sp³-hybridized carbons (Fsp3) is 0.316. The second kappa shape index (κ2) is 7.34. The number of benzene rings is 2. The Hall–Kier alpha value is -2.89. The van der Waals surface area contributed by atoms with E-state index in [0.29, 0.717) is 25.7 Å². The van der Waals surface area contributed by atoms with Crippen LogP contribution in [0, 0.1) is 10.1 Å². The largest absolute Gasteiger partial charge is 0.504 e. The van der Waals surface area contributed by atoms with Gasteiger partial charge in [0.2, 0.25) is 5.75 Å². The lowest BCUT2D eigenvalue weighted by Crippen LogP contribution is -2.00. The molecule has 0 fully saturated rings. The van der Waals surface area contributed by atoms with Gasteiger partial charge in [-0.1, -0.05) is 12.1 Å². The average Bonchev–Trinajstić information content (AvgIpc) is 2.60. The summed E-state index contributed by atoms with van der Waals surface area (Å²) in [7, 11) is 0. The number of nitrogens with zero attached hydrogens (tertiary/aromatic N) is 1. The molecule has 2 aromatic carbocycles. The van der Waals surface area contributed by atoms with Gasteiger partial charge >= 0.3 is 5.69 Å². The number of nitro groups is 1. The molecular formula is C19H19NO5. The van der Waals surface area contributed by atoms with Crippen molar-refractivity contribution in [2.75, 3.05) is 0 Å². The molecule has 2 aliphatic heterocycles. The van der Waals surface area contributed by atoms with Crippen molar-refractivity contribution in [2.45, 2.75) is 38.5 Å². The number of rotatable bonds is 1. The third-order valence-corrected chi connectivity index (χ3v) is 4.33. The van der Waals surface area contributed by atoms with Crippen molar-refractivity contribution in [2.24, 2.45) is 0 Å². The van der Waals surface area contributed by atoms with Crippen LogP contribution in [0.3, 0.4) is 0 Å². The van der Waals surface area contributed by atoms with Gasteiger partial charge in [0, 0.05) is 18.9 Å². The zero-order valence-corrected chi connectivity index (χ0v) is 13.7. The van der Waals surface area contributed by atoms with Gasteiger partial charge in [0.25, 0.3) is 0 Å². The summed E-state index contributed by atoms with van der Waals surface area (Å²) in [6.45, 7) is 0. The molecule has 0 atom stereocenters. The van der Waals surface area contributed by atoms with E-state index in [-0.39, 0.29) is 28.7 Å². The van der Waals surface area contributed by atoms with E-state index in [1.54, 1.807) is 24.3 Å². The lowest BCUT2D eigenvalue weighted by molar-refractivity contribution is -0.385. The van der Waals surface area contributed by atoms with Crippen molar-refractivity contribution in [3.8, 4) is 17.2 Å². The van der Waals surface area contributed by atoms with Crippen molar-refractivity contribution >= 4 is 11.5 Å². The van der Waals surface area contributed by atoms with Crippen molar-refractivity contribution in [3.05, 3.63) is 57.6 Å². The van der Waals surface area contributed by atoms with Gasteiger partial charge < -0.3 is 9.84 Å². The summed E-state index contributed by atoms with van der Waals surface area (Å²) in [5.41, 5.74) is 1.54. The van der Waals surface area contributed by atoms with E-state index < -0.39 is 4.92 Å². The first-order valence-corrected chi connectivity index (χ1v) is 8.32. The Bertz CT molecular complexity index is 815. The third kappa shape index (κ3) is 4.15. The highest BCUT2D eigenvalue weighted by Gasteiger charge is 2.19. The van der Waals surface area contributed by atoms with Crippen LogP contribution in [-0.2, 0) is 17.6 Å². The van der Waals surface area contributed by atoms with E-state index in [0.717, 1.165) is 24.0 Å². The fourth-order valence-corrected chi connectivity index (χ4v) is 2.92. The van der Waals surface area contributed by atoms with E-state index in [4.69, 9.17) is 4.74 Å². The molecule has 0 aromatic heterocycles. The van der Waals surface area contributed by atoms with Crippen LogP contribution in [0.15, 0.2) is 36.4 Å². The van der Waals surface area contributed by atoms with Crippen molar-refractivity contribution in [3.63, 3.8) is 0 Å². The zero-order valence-electron chi connectivity index (χ0n) is 13.7. The summed E-state index contributed by atoms with van der Waals surface area (Å²) in [6, 6.07) is 9.67. The van der Waals surface area contributed by atoms with E-state index in [2.05, 4.69) is 0 Å². The number of phenols is 1. The predicted octanol–water partition coefficient (Wildman–Crippen LogP) is 4.32. The molecule has 0 spiro atoms. The summed E-state index contributed by atoms with van der Waals surface area (Å²) in [5.74, 6) is 0.340. The maximum atomic E-state index is 12.0. The second-order valence-corrected chi connectivity index (χ2v) is 6.21. The summed E-state index contributed by atoms with van der Waals surface area (Å²) >= 11 is 0. The molecule has 2 heterocycles. The first-order chi connectivity index (χ1) is 12.0. The Morgan fingerprint density at radius 1 is 0.920 bits per heavy atom. The summed E-state index contributed by atoms with van der Waals surface area (Å²) in [4.78, 5) is 22.9. The highest BCUT2D eigenvalue weighted by molar-refractivity contribution is 5.78. The van der Waals surface area contributed by atoms with Crippen LogP contribution in [-0.4, -0.2) is 15.8 Å². The van der Waals surface area contributed by atoms with Gasteiger partial charge in [0.05, 0.1) is 4.92 Å². The lowest BCUT2D eigenvalue weighted by Gasteiger charge is -2.10. The first-order valence-electron chi connectivity index (χ1n) is 8.32. The minimum Gasteiger partial charge on any atom is -0.504 e. The number of ketones is 1. The zero-order chi connectivity index (χ0) is 17.8. The molecule has 0 unspecified atom stereocenters. The van der Waals surface area contributed by atoms with Crippen LogP contribution in [0.4, 0.5) is 5.69 Å². The SMILES string of the molecule is O=C1CCCCc2ccc(c([N+](=O)[O-])c2)Oc2cc(ccc2O)CC1. The monoisotopic (exact) mass is 341 g/mol. The van der Waals surface area contributed by atoms with Crippen molar-refractivity contribution < 1.29 is 19.6 Å². The number of phenolic OH excluding ortho intramolecular Hbond substituents is 1. The number of Topliss-reactive ketones (excluding diaryl/α,β-unsaturated/α-hetero) is 1. The molecule has 4 bridgehead atoms. The molecule has 6 nitrogen and oxygen atoms in total. The van der Waals surface area contributed by atoms with Gasteiger partial charge in [-0.25, -0.2) is 0 Å². The number of hydrogen-bond acceptors (Lipinski definition) is 5. The minimum atomic E-state index is -0.485. The van der Waals surface area contributed by atoms with Gasteiger partial charge in [0.1, 0.15) is 5.78 Å². The van der Waals surface area contributed by atoms with E-state index >= 15 is 0 Å². The van der Waals surface area contributed by atoms with Crippen LogP contribution < -0.4 is 4.74 Å². The highest BCUT2D eigenvalue weighted by atomic mass is 16.6. The molecule has 2 aliphatic rings. The van der Waals surface area contributed by atoms with Crippen LogP contribution >= 0.6 is 0 Å². The standard InChI is InChI=1S/C19H19NO5/c21-15-4-2-1-3-13-7-10-18(16(11-13)20(23)24)25-19-12-14(5-8-15)6-9-17(19)22/h6-7,9-12,22H,1-5,8H2. The smallest absolute Gasteiger partial charge is 0.311 e. The highest BCUT2D eigenvalue weighted by Crippen LogP contribution is 2.37. The van der Waals surface area contributed by atoms with Crippen LogP contribution in [0.25, 0.3) is 0 Å². The molecule has 130 valence electrons. The molecule has 0 saturated carbocycles. The van der Waals surface area contributed by atoms with E-state index in [9.17, 15) is 20.0 Å². The Labute approximate surface area is 145 Å². The van der Waals surface area contributed by atoms with Crippen LogP contribution in [0.1, 0.15) is 36.8 Å². The second-order valence-electron chi connectivity index (χ2n) is 6.21. The van der Waals surface area contributed by atoms with Gasteiger partial charge in [0.15, 0.2) is 11.5 Å². The molecule has 2 aromatic rings. The molecule has 0 amide bonds. The quantitative estimate of drug-likeness (QED) is 0.616. The normalized spacial score (nSPS) is 15.1. The van der Waals surface area contributed by atoms with Gasteiger partial charge in [-0.05, 0) is 55.0 Å². The summed E-state index contributed by atoms with van der Waals surface area (Å²) in [5, 5.41) is 21.4. The number of fused-ring (bicyclic) bond motifs is 8. The van der Waals surface area contributed by atoms with Crippen LogP contribution in [0.2, 0.25) is 0 Å². The molecular weight excluding hydrogens is 322 g/mol. The lowest BCUT2D eigenvalue weighted by atomic mass is 10.0. The number of carbonyl (C=O) groups is 1. The number of aryl methyl sites for hydroxylation is 2. The number of nitro benzene ring substituents is 1. The van der Waals surface area contributed by atoms with Crippen LogP contribution in [0.5, 0.6) is 17.2 Å². The van der Waals surface area contributed by atoms with E-state index in [1.807, 2.05) is 0 Å². The molecule has 1 N–H and O–H groups in total. The van der Waals surface area contributed by atoms with Crippen molar-refractivity contribution in [1.29, 1.82) is 0 Å². The number of aromatic hydroxyl groups is 1. The Balaban J connectivity index is 2.02. The number of carbonyl (C=O) groups excluding carboxylic acids is 1. The summed E-state index contributed by atoms with van der Waals surface area (Å²) in [6.07, 6.45) is 3.75. The van der Waals surface area contributed by atoms with Crippen molar-refractivity contribution in [1.82, 2.24) is 0 Å². The topological polar surface area (TPSA) is 89.7 Å². The number of ether oxygens (including phenoxy) is 1. The molecule has 4 rings (SSSR count). The Morgan fingerprint density at radius 2 is 1.64 bits per heavy atom. The molecule has 0 saturated heterocycles.